The minimum absolute atomic E-state index is 0.112. The summed E-state index contributed by atoms with van der Waals surface area (Å²) in [6, 6.07) is 12.4. The van der Waals surface area contributed by atoms with Crippen molar-refractivity contribution in [3.05, 3.63) is 42.5 Å². The van der Waals surface area contributed by atoms with Gasteiger partial charge in [0.25, 0.3) is 0 Å². The summed E-state index contributed by atoms with van der Waals surface area (Å²) in [5.74, 6) is 1.60. The number of amides is 2. The number of benzene rings is 2. The standard InChI is InChI=1S/C21H21N3O5S/c1-3-24-19(25)11-18(20(26)22-13-4-7-15(27-2)8-5-13)30-21(24)23-14-6-9-16-17(10-14)29-12-28-16/h4-10,18H,3,11-12H2,1-2H3,(H,22,26)/t18-/m1/s1. The zero-order chi connectivity index (χ0) is 21.1. The molecule has 0 bridgehead atoms. The van der Waals surface area contributed by atoms with Gasteiger partial charge in [0.2, 0.25) is 18.6 Å². The minimum atomic E-state index is -0.574. The Bertz CT molecular complexity index is 993. The van der Waals surface area contributed by atoms with E-state index in [4.69, 9.17) is 14.2 Å². The third-order valence-electron chi connectivity index (χ3n) is 4.69. The van der Waals surface area contributed by atoms with Crippen molar-refractivity contribution in [2.24, 2.45) is 4.99 Å². The van der Waals surface area contributed by atoms with Crippen LogP contribution in [0.4, 0.5) is 11.4 Å². The van der Waals surface area contributed by atoms with Crippen LogP contribution in [-0.4, -0.2) is 47.6 Å². The van der Waals surface area contributed by atoms with Crippen LogP contribution >= 0.6 is 11.8 Å². The quantitative estimate of drug-likeness (QED) is 0.787. The molecular weight excluding hydrogens is 406 g/mol. The minimum Gasteiger partial charge on any atom is -0.497 e. The van der Waals surface area contributed by atoms with E-state index in [1.54, 1.807) is 54.5 Å². The Balaban J connectivity index is 1.53. The van der Waals surface area contributed by atoms with Crippen molar-refractivity contribution >= 4 is 40.1 Å². The van der Waals surface area contributed by atoms with E-state index in [0.717, 1.165) is 0 Å². The SMILES string of the molecule is CCN1C(=O)C[C@H](C(=O)Nc2ccc(OC)cc2)SC1=Nc1ccc2c(c1)OCO2. The zero-order valence-corrected chi connectivity index (χ0v) is 17.4. The molecule has 8 nitrogen and oxygen atoms in total. The van der Waals surface area contributed by atoms with Crippen LogP contribution < -0.4 is 19.5 Å². The number of aliphatic imine (C=N–C) groups is 1. The average Bonchev–Trinajstić information content (AvgIpc) is 3.22. The number of nitrogens with one attached hydrogen (secondary N) is 1. The lowest BCUT2D eigenvalue weighted by atomic mass is 10.2. The van der Waals surface area contributed by atoms with Gasteiger partial charge in [0.15, 0.2) is 16.7 Å². The molecule has 0 unspecified atom stereocenters. The Kier molecular flexibility index (Phi) is 5.80. The highest BCUT2D eigenvalue weighted by Gasteiger charge is 2.35. The predicted molar refractivity (Wildman–Crippen MR) is 115 cm³/mol. The first-order valence-electron chi connectivity index (χ1n) is 9.47. The molecule has 0 aromatic heterocycles. The van der Waals surface area contributed by atoms with Crippen LogP contribution in [0.2, 0.25) is 0 Å². The fourth-order valence-corrected chi connectivity index (χ4v) is 4.28. The first-order chi connectivity index (χ1) is 14.6. The van der Waals surface area contributed by atoms with Crippen molar-refractivity contribution in [1.82, 2.24) is 4.90 Å². The summed E-state index contributed by atoms with van der Waals surface area (Å²) in [6.45, 7) is 2.53. The Morgan fingerprint density at radius 1 is 1.23 bits per heavy atom. The Morgan fingerprint density at radius 2 is 2.00 bits per heavy atom. The molecule has 1 saturated heterocycles. The van der Waals surface area contributed by atoms with Crippen LogP contribution in [0.25, 0.3) is 0 Å². The number of nitrogens with zero attached hydrogens (tertiary/aromatic N) is 2. The first-order valence-corrected chi connectivity index (χ1v) is 10.4. The van der Waals surface area contributed by atoms with Crippen LogP contribution in [0.15, 0.2) is 47.5 Å². The molecular formula is C21H21N3O5S. The van der Waals surface area contributed by atoms with E-state index >= 15 is 0 Å². The molecule has 2 aromatic rings. The smallest absolute Gasteiger partial charge is 0.238 e. The number of rotatable bonds is 5. The molecule has 1 fully saturated rings. The number of anilines is 1. The number of thioether (sulfide) groups is 1. The molecule has 1 atom stereocenters. The predicted octanol–water partition coefficient (Wildman–Crippen LogP) is 3.40. The van der Waals surface area contributed by atoms with E-state index < -0.39 is 5.25 Å². The van der Waals surface area contributed by atoms with Crippen LogP contribution in [-0.2, 0) is 9.59 Å². The average molecular weight is 427 g/mol. The number of hydrogen-bond acceptors (Lipinski definition) is 7. The van der Waals surface area contributed by atoms with E-state index in [1.807, 2.05) is 6.92 Å². The number of carbonyl (C=O) groups is 2. The number of carbonyl (C=O) groups excluding carboxylic acids is 2. The van der Waals surface area contributed by atoms with Gasteiger partial charge in [-0.2, -0.15) is 0 Å². The maximum absolute atomic E-state index is 12.8. The fourth-order valence-electron chi connectivity index (χ4n) is 3.11. The molecule has 4 rings (SSSR count). The molecule has 2 aliphatic heterocycles. The van der Waals surface area contributed by atoms with Crippen LogP contribution in [0.1, 0.15) is 13.3 Å². The Morgan fingerprint density at radius 3 is 2.73 bits per heavy atom. The van der Waals surface area contributed by atoms with Gasteiger partial charge in [0, 0.05) is 24.7 Å². The lowest BCUT2D eigenvalue weighted by molar-refractivity contribution is -0.129. The van der Waals surface area contributed by atoms with Crippen molar-refractivity contribution in [3.63, 3.8) is 0 Å². The summed E-state index contributed by atoms with van der Waals surface area (Å²) in [7, 11) is 1.58. The third-order valence-corrected chi connectivity index (χ3v) is 5.87. The van der Waals surface area contributed by atoms with E-state index in [1.165, 1.54) is 11.8 Å². The van der Waals surface area contributed by atoms with Gasteiger partial charge in [0.05, 0.1) is 12.8 Å². The molecule has 2 amide bonds. The number of amidine groups is 1. The van der Waals surface area contributed by atoms with Crippen molar-refractivity contribution in [2.45, 2.75) is 18.6 Å². The second-order valence-corrected chi connectivity index (χ2v) is 7.77. The summed E-state index contributed by atoms with van der Waals surface area (Å²) < 4.78 is 15.8. The third kappa shape index (κ3) is 4.20. The molecule has 30 heavy (non-hydrogen) atoms. The maximum Gasteiger partial charge on any atom is 0.238 e. The van der Waals surface area contributed by atoms with Crippen molar-refractivity contribution in [3.8, 4) is 17.2 Å². The Hall–Kier alpha value is -3.20. The molecule has 0 radical (unpaired) electrons. The van der Waals surface area contributed by atoms with Gasteiger partial charge in [-0.05, 0) is 43.3 Å². The Labute approximate surface area is 178 Å². The van der Waals surface area contributed by atoms with Gasteiger partial charge in [-0.25, -0.2) is 4.99 Å². The lowest BCUT2D eigenvalue weighted by Gasteiger charge is -2.30. The highest BCUT2D eigenvalue weighted by molar-refractivity contribution is 8.15. The van der Waals surface area contributed by atoms with E-state index in [-0.39, 0.29) is 25.0 Å². The van der Waals surface area contributed by atoms with Crippen LogP contribution in [0.3, 0.4) is 0 Å². The van der Waals surface area contributed by atoms with Gasteiger partial charge >= 0.3 is 0 Å². The molecule has 2 heterocycles. The highest BCUT2D eigenvalue weighted by atomic mass is 32.2. The molecule has 1 N–H and O–H groups in total. The van der Waals surface area contributed by atoms with E-state index in [0.29, 0.717) is 40.3 Å². The first kappa shape index (κ1) is 20.1. The van der Waals surface area contributed by atoms with Crippen LogP contribution in [0.5, 0.6) is 17.2 Å². The maximum atomic E-state index is 12.8. The summed E-state index contributed by atoms with van der Waals surface area (Å²) in [5, 5.41) is 2.77. The van der Waals surface area contributed by atoms with Crippen molar-refractivity contribution in [2.75, 3.05) is 25.8 Å². The second-order valence-electron chi connectivity index (χ2n) is 6.60. The highest BCUT2D eigenvalue weighted by Crippen LogP contribution is 2.36. The molecule has 0 aliphatic carbocycles. The summed E-state index contributed by atoms with van der Waals surface area (Å²) in [4.78, 5) is 31.6. The molecule has 0 saturated carbocycles. The normalized spacial score (nSPS) is 19.1. The monoisotopic (exact) mass is 427 g/mol. The van der Waals surface area contributed by atoms with Crippen molar-refractivity contribution < 1.29 is 23.8 Å². The largest absolute Gasteiger partial charge is 0.497 e. The number of fused-ring (bicyclic) bond motifs is 1. The van der Waals surface area contributed by atoms with Gasteiger partial charge in [-0.1, -0.05) is 11.8 Å². The van der Waals surface area contributed by atoms with Gasteiger partial charge in [-0.3, -0.25) is 14.5 Å². The van der Waals surface area contributed by atoms with Gasteiger partial charge < -0.3 is 19.5 Å². The van der Waals surface area contributed by atoms with Gasteiger partial charge in [0.1, 0.15) is 11.0 Å². The molecule has 156 valence electrons. The number of ether oxygens (including phenoxy) is 3. The summed E-state index contributed by atoms with van der Waals surface area (Å²) in [6.07, 6.45) is 0.112. The molecule has 9 heteroatoms. The zero-order valence-electron chi connectivity index (χ0n) is 16.6. The summed E-state index contributed by atoms with van der Waals surface area (Å²) >= 11 is 1.28. The molecule has 0 spiro atoms. The lowest BCUT2D eigenvalue weighted by Crippen LogP contribution is -2.45. The second kappa shape index (κ2) is 8.66. The molecule has 2 aromatic carbocycles. The van der Waals surface area contributed by atoms with Gasteiger partial charge in [-0.15, -0.1) is 0 Å². The van der Waals surface area contributed by atoms with E-state index in [9.17, 15) is 9.59 Å². The van der Waals surface area contributed by atoms with Crippen LogP contribution in [0, 0.1) is 0 Å². The number of methoxy groups -OCH3 is 1. The molecule has 2 aliphatic rings. The number of hydrogen-bond donors (Lipinski definition) is 1. The summed E-state index contributed by atoms with van der Waals surface area (Å²) in [5.41, 5.74) is 1.27. The van der Waals surface area contributed by atoms with E-state index in [2.05, 4.69) is 10.3 Å². The fraction of sp³-hybridized carbons (Fsp3) is 0.286. The van der Waals surface area contributed by atoms with Crippen molar-refractivity contribution in [1.29, 1.82) is 0 Å². The topological polar surface area (TPSA) is 89.5 Å².